The van der Waals surface area contributed by atoms with Gasteiger partial charge in [-0.2, -0.15) is 4.98 Å². The Bertz CT molecular complexity index is 582. The number of methoxy groups -OCH3 is 1. The third kappa shape index (κ3) is 2.55. The van der Waals surface area contributed by atoms with Crippen molar-refractivity contribution in [2.75, 3.05) is 12.8 Å². The molecule has 1 aromatic carbocycles. The van der Waals surface area contributed by atoms with Crippen molar-refractivity contribution in [3.05, 3.63) is 29.6 Å². The van der Waals surface area contributed by atoms with Gasteiger partial charge in [0.15, 0.2) is 0 Å². The maximum Gasteiger partial charge on any atom is 0.261 e. The minimum absolute atomic E-state index is 0.0383. The molecule has 2 rings (SSSR count). The van der Waals surface area contributed by atoms with Gasteiger partial charge in [0.25, 0.3) is 5.89 Å². The van der Waals surface area contributed by atoms with E-state index in [-0.39, 0.29) is 23.2 Å². The topological polar surface area (TPSA) is 74.2 Å². The average Bonchev–Trinajstić information content (AvgIpc) is 2.85. The van der Waals surface area contributed by atoms with E-state index >= 15 is 0 Å². The Morgan fingerprint density at radius 1 is 1.37 bits per heavy atom. The summed E-state index contributed by atoms with van der Waals surface area (Å²) in [5.41, 5.74) is 5.17. The fraction of sp³-hybridized carbons (Fsp3) is 0.333. The highest BCUT2D eigenvalue weighted by atomic mass is 19.1. The molecule has 0 spiro atoms. The number of halogens is 2. The second-order valence-electron chi connectivity index (χ2n) is 3.94. The molecule has 0 saturated carbocycles. The molecule has 0 fully saturated rings. The van der Waals surface area contributed by atoms with Crippen LogP contribution in [0.25, 0.3) is 11.5 Å². The third-order valence-corrected chi connectivity index (χ3v) is 2.70. The second-order valence-corrected chi connectivity index (χ2v) is 3.94. The molecule has 0 radical (unpaired) electrons. The Kier molecular flexibility index (Phi) is 3.75. The summed E-state index contributed by atoms with van der Waals surface area (Å²) in [7, 11) is 1.51. The zero-order valence-corrected chi connectivity index (χ0v) is 10.5. The normalized spacial score (nSPS) is 12.6. The number of nitrogen functional groups attached to an aromatic ring is 1. The lowest BCUT2D eigenvalue weighted by molar-refractivity contribution is 0.0903. The van der Waals surface area contributed by atoms with Crippen LogP contribution in [0.2, 0.25) is 0 Å². The van der Waals surface area contributed by atoms with E-state index in [2.05, 4.69) is 10.1 Å². The van der Waals surface area contributed by atoms with Gasteiger partial charge in [-0.15, -0.1) is 0 Å². The molecule has 0 bridgehead atoms. The summed E-state index contributed by atoms with van der Waals surface area (Å²) in [5, 5.41) is 3.72. The van der Waals surface area contributed by atoms with Crippen LogP contribution in [0.1, 0.15) is 25.3 Å². The van der Waals surface area contributed by atoms with Crippen molar-refractivity contribution in [1.29, 1.82) is 0 Å². The van der Waals surface area contributed by atoms with Crippen molar-refractivity contribution < 1.29 is 18.0 Å². The lowest BCUT2D eigenvalue weighted by atomic mass is 10.2. The van der Waals surface area contributed by atoms with E-state index < -0.39 is 11.6 Å². The first-order chi connectivity index (χ1) is 9.06. The number of ether oxygens (including phenoxy) is 1. The van der Waals surface area contributed by atoms with E-state index in [1.165, 1.54) is 7.11 Å². The third-order valence-electron chi connectivity index (χ3n) is 2.70. The lowest BCUT2D eigenvalue weighted by Gasteiger charge is -2.06. The fourth-order valence-corrected chi connectivity index (χ4v) is 1.66. The number of benzene rings is 1. The number of hydrogen-bond acceptors (Lipinski definition) is 5. The number of nitrogens with zero attached hydrogens (tertiary/aromatic N) is 2. The molecule has 0 aliphatic heterocycles. The van der Waals surface area contributed by atoms with E-state index in [1.54, 1.807) is 0 Å². The van der Waals surface area contributed by atoms with Gasteiger partial charge in [0.2, 0.25) is 5.82 Å². The van der Waals surface area contributed by atoms with Crippen LogP contribution >= 0.6 is 0 Å². The summed E-state index contributed by atoms with van der Waals surface area (Å²) in [6, 6.07) is 1.80. The predicted molar refractivity (Wildman–Crippen MR) is 64.1 cm³/mol. The molecule has 1 heterocycles. The van der Waals surface area contributed by atoms with Crippen LogP contribution in [0, 0.1) is 11.6 Å². The summed E-state index contributed by atoms with van der Waals surface area (Å²) in [6.07, 6.45) is 0.308. The van der Waals surface area contributed by atoms with Gasteiger partial charge in [-0.3, -0.25) is 0 Å². The first kappa shape index (κ1) is 13.4. The molecule has 2 N–H and O–H groups in total. The van der Waals surface area contributed by atoms with Crippen molar-refractivity contribution in [1.82, 2.24) is 10.1 Å². The first-order valence-electron chi connectivity index (χ1n) is 5.68. The van der Waals surface area contributed by atoms with Crippen molar-refractivity contribution >= 4 is 5.69 Å². The number of aromatic nitrogens is 2. The van der Waals surface area contributed by atoms with Gasteiger partial charge in [-0.25, -0.2) is 8.78 Å². The Morgan fingerprint density at radius 2 is 2.11 bits per heavy atom. The molecular formula is C12H13F2N3O2. The molecular weight excluding hydrogens is 256 g/mol. The maximum atomic E-state index is 13.6. The van der Waals surface area contributed by atoms with Gasteiger partial charge in [0.1, 0.15) is 17.7 Å². The zero-order valence-electron chi connectivity index (χ0n) is 10.5. The Hall–Kier alpha value is -2.02. The van der Waals surface area contributed by atoms with Gasteiger partial charge in [0, 0.05) is 13.2 Å². The van der Waals surface area contributed by atoms with E-state index in [0.717, 1.165) is 6.07 Å². The summed E-state index contributed by atoms with van der Waals surface area (Å²) < 4.78 is 36.8. The second kappa shape index (κ2) is 5.31. The molecule has 102 valence electrons. The van der Waals surface area contributed by atoms with Gasteiger partial charge >= 0.3 is 0 Å². The molecule has 0 aliphatic rings. The molecule has 7 heteroatoms. The molecule has 2 aromatic rings. The SMILES string of the molecule is CCC(OC)c1noc(-c2cc(N)c(F)cc2F)n1. The smallest absolute Gasteiger partial charge is 0.261 e. The standard InChI is InChI=1S/C12H13F2N3O2/c1-3-10(18-2)11-16-12(19-17-11)6-4-9(15)8(14)5-7(6)13/h4-5,10H,3,15H2,1-2H3. The van der Waals surface area contributed by atoms with Crippen LogP contribution in [0.15, 0.2) is 16.7 Å². The number of rotatable bonds is 4. The molecule has 0 aliphatic carbocycles. The molecule has 1 aromatic heterocycles. The highest BCUT2D eigenvalue weighted by molar-refractivity contribution is 5.61. The monoisotopic (exact) mass is 269 g/mol. The summed E-state index contributed by atoms with van der Waals surface area (Å²) >= 11 is 0. The molecule has 1 unspecified atom stereocenters. The highest BCUT2D eigenvalue weighted by Gasteiger charge is 2.20. The fourth-order valence-electron chi connectivity index (χ4n) is 1.66. The Morgan fingerprint density at radius 3 is 2.74 bits per heavy atom. The minimum atomic E-state index is -0.829. The van der Waals surface area contributed by atoms with Crippen LogP contribution in [0.3, 0.4) is 0 Å². The van der Waals surface area contributed by atoms with Crippen LogP contribution < -0.4 is 5.73 Å². The van der Waals surface area contributed by atoms with Crippen LogP contribution in [0.4, 0.5) is 14.5 Å². The Balaban J connectivity index is 2.40. The minimum Gasteiger partial charge on any atom is -0.396 e. The summed E-state index contributed by atoms with van der Waals surface area (Å²) in [6.45, 7) is 1.89. The first-order valence-corrected chi connectivity index (χ1v) is 5.68. The van der Waals surface area contributed by atoms with E-state index in [1.807, 2.05) is 6.92 Å². The van der Waals surface area contributed by atoms with Crippen LogP contribution in [0.5, 0.6) is 0 Å². The zero-order chi connectivity index (χ0) is 14.0. The average molecular weight is 269 g/mol. The lowest BCUT2D eigenvalue weighted by Crippen LogP contribution is -2.01. The molecule has 0 saturated heterocycles. The van der Waals surface area contributed by atoms with Crippen LogP contribution in [-0.2, 0) is 4.74 Å². The van der Waals surface area contributed by atoms with Crippen molar-refractivity contribution in [2.45, 2.75) is 19.4 Å². The van der Waals surface area contributed by atoms with Gasteiger partial charge < -0.3 is 15.0 Å². The van der Waals surface area contributed by atoms with Gasteiger partial charge in [0.05, 0.1) is 11.3 Å². The number of nitrogens with two attached hydrogens (primary N) is 1. The highest BCUT2D eigenvalue weighted by Crippen LogP contribution is 2.27. The van der Waals surface area contributed by atoms with Crippen molar-refractivity contribution in [3.8, 4) is 11.5 Å². The van der Waals surface area contributed by atoms with E-state index in [9.17, 15) is 8.78 Å². The van der Waals surface area contributed by atoms with Gasteiger partial charge in [-0.05, 0) is 12.5 Å². The summed E-state index contributed by atoms with van der Waals surface area (Å²) in [5.74, 6) is -1.39. The quantitative estimate of drug-likeness (QED) is 0.864. The molecule has 5 nitrogen and oxygen atoms in total. The van der Waals surface area contributed by atoms with Crippen molar-refractivity contribution in [3.63, 3.8) is 0 Å². The predicted octanol–water partition coefficient (Wildman–Crippen LogP) is 2.69. The largest absolute Gasteiger partial charge is 0.396 e. The van der Waals surface area contributed by atoms with E-state index in [0.29, 0.717) is 18.3 Å². The number of hydrogen-bond donors (Lipinski definition) is 1. The Labute approximate surface area is 108 Å². The van der Waals surface area contributed by atoms with Crippen LogP contribution in [-0.4, -0.2) is 17.3 Å². The number of anilines is 1. The molecule has 19 heavy (non-hydrogen) atoms. The molecule has 1 atom stereocenters. The van der Waals surface area contributed by atoms with Crippen molar-refractivity contribution in [2.24, 2.45) is 0 Å². The van der Waals surface area contributed by atoms with E-state index in [4.69, 9.17) is 15.0 Å². The summed E-state index contributed by atoms with van der Waals surface area (Å²) in [4.78, 5) is 4.03. The maximum absolute atomic E-state index is 13.6. The van der Waals surface area contributed by atoms with Gasteiger partial charge in [-0.1, -0.05) is 12.1 Å². The molecule has 0 amide bonds.